The molecule has 0 saturated heterocycles. The maximum Gasteiger partial charge on any atom is 0.0319 e. The third-order valence-corrected chi connectivity index (χ3v) is 2.19. The van der Waals surface area contributed by atoms with Crippen LogP contribution in [0, 0.1) is 6.92 Å². The molecule has 2 nitrogen and oxygen atoms in total. The van der Waals surface area contributed by atoms with Crippen molar-refractivity contribution in [1.82, 2.24) is 0 Å². The van der Waals surface area contributed by atoms with E-state index >= 15 is 0 Å². The van der Waals surface area contributed by atoms with Crippen LogP contribution in [-0.4, -0.2) is 17.7 Å². The SMILES string of the molecule is CC.CCCCCc1ccc(C)cc1.CO.O. The zero-order valence-corrected chi connectivity index (χ0v) is 12.1. The van der Waals surface area contributed by atoms with Crippen LogP contribution in [0.3, 0.4) is 0 Å². The molecule has 0 aromatic heterocycles. The highest BCUT2D eigenvalue weighted by molar-refractivity contribution is 5.21. The average Bonchev–Trinajstić information content (AvgIpc) is 2.37. The molecule has 0 heterocycles. The fourth-order valence-corrected chi connectivity index (χ4v) is 1.33. The first-order valence-electron chi connectivity index (χ1n) is 6.33. The zero-order valence-electron chi connectivity index (χ0n) is 12.1. The van der Waals surface area contributed by atoms with E-state index in [-0.39, 0.29) is 5.48 Å². The van der Waals surface area contributed by atoms with E-state index in [1.807, 2.05) is 13.8 Å². The predicted octanol–water partition coefficient (Wildman–Crippen LogP) is 3.54. The van der Waals surface area contributed by atoms with Crippen LogP contribution in [0.2, 0.25) is 0 Å². The van der Waals surface area contributed by atoms with Crippen LogP contribution in [0.15, 0.2) is 24.3 Å². The molecule has 1 aromatic carbocycles. The molecule has 0 aliphatic heterocycles. The van der Waals surface area contributed by atoms with Gasteiger partial charge in [-0.3, -0.25) is 0 Å². The predicted molar refractivity (Wildman–Crippen MR) is 77.5 cm³/mol. The van der Waals surface area contributed by atoms with Gasteiger partial charge in [0.15, 0.2) is 0 Å². The number of aryl methyl sites for hydroxylation is 2. The lowest BCUT2D eigenvalue weighted by atomic mass is 10.1. The number of benzene rings is 1. The minimum Gasteiger partial charge on any atom is -0.412 e. The molecule has 1 rings (SSSR count). The molecule has 0 aliphatic rings. The highest BCUT2D eigenvalue weighted by Gasteiger charge is 1.91. The van der Waals surface area contributed by atoms with Gasteiger partial charge < -0.3 is 10.6 Å². The van der Waals surface area contributed by atoms with Gasteiger partial charge in [0, 0.05) is 7.11 Å². The van der Waals surface area contributed by atoms with E-state index in [0.717, 1.165) is 7.11 Å². The van der Waals surface area contributed by atoms with Crippen LogP contribution in [0.5, 0.6) is 0 Å². The van der Waals surface area contributed by atoms with Crippen molar-refractivity contribution < 1.29 is 10.6 Å². The summed E-state index contributed by atoms with van der Waals surface area (Å²) < 4.78 is 0. The summed E-state index contributed by atoms with van der Waals surface area (Å²) >= 11 is 0. The smallest absolute Gasteiger partial charge is 0.0319 e. The normalized spacial score (nSPS) is 7.88. The monoisotopic (exact) mass is 242 g/mol. The maximum absolute atomic E-state index is 7.00. The highest BCUT2D eigenvalue weighted by atomic mass is 16.2. The molecular formula is C15H30O2. The van der Waals surface area contributed by atoms with Crippen molar-refractivity contribution >= 4 is 0 Å². The molecule has 0 atom stereocenters. The third-order valence-electron chi connectivity index (χ3n) is 2.19. The number of hydrogen-bond acceptors (Lipinski definition) is 1. The Morgan fingerprint density at radius 1 is 0.941 bits per heavy atom. The summed E-state index contributed by atoms with van der Waals surface area (Å²) in [4.78, 5) is 0. The van der Waals surface area contributed by atoms with Gasteiger partial charge in [-0.25, -0.2) is 0 Å². The molecule has 3 N–H and O–H groups in total. The van der Waals surface area contributed by atoms with E-state index in [1.54, 1.807) is 0 Å². The van der Waals surface area contributed by atoms with Crippen molar-refractivity contribution in [3.8, 4) is 0 Å². The fourth-order valence-electron chi connectivity index (χ4n) is 1.33. The molecule has 0 spiro atoms. The first-order valence-corrected chi connectivity index (χ1v) is 6.33. The average molecular weight is 242 g/mol. The molecule has 0 radical (unpaired) electrons. The lowest BCUT2D eigenvalue weighted by Crippen LogP contribution is -1.84. The van der Waals surface area contributed by atoms with E-state index in [4.69, 9.17) is 5.11 Å². The van der Waals surface area contributed by atoms with E-state index in [1.165, 1.54) is 36.8 Å². The second kappa shape index (κ2) is 17.5. The molecule has 0 aliphatic carbocycles. The zero-order chi connectivity index (χ0) is 12.8. The number of hydrogen-bond donors (Lipinski definition) is 1. The minimum atomic E-state index is 0. The van der Waals surface area contributed by atoms with Gasteiger partial charge in [-0.05, 0) is 25.3 Å². The molecule has 0 bridgehead atoms. The van der Waals surface area contributed by atoms with Gasteiger partial charge in [-0.15, -0.1) is 0 Å². The van der Waals surface area contributed by atoms with Gasteiger partial charge in [-0.1, -0.05) is 63.4 Å². The Morgan fingerprint density at radius 2 is 1.41 bits per heavy atom. The molecule has 2 heteroatoms. The molecule has 0 amide bonds. The Hall–Kier alpha value is -0.860. The van der Waals surface area contributed by atoms with Crippen LogP contribution in [0.1, 0.15) is 51.2 Å². The molecule has 102 valence electrons. The van der Waals surface area contributed by atoms with Crippen molar-refractivity contribution in [2.45, 2.75) is 53.4 Å². The molecule has 0 saturated carbocycles. The summed E-state index contributed by atoms with van der Waals surface area (Å²) in [6.07, 6.45) is 5.24. The highest BCUT2D eigenvalue weighted by Crippen LogP contribution is 2.07. The topological polar surface area (TPSA) is 51.7 Å². The summed E-state index contributed by atoms with van der Waals surface area (Å²) in [6.45, 7) is 8.38. The maximum atomic E-state index is 7.00. The third kappa shape index (κ3) is 13.1. The van der Waals surface area contributed by atoms with Gasteiger partial charge in [0.1, 0.15) is 0 Å². The first-order chi connectivity index (χ1) is 7.83. The van der Waals surface area contributed by atoms with E-state index in [0.29, 0.717) is 0 Å². The number of rotatable bonds is 4. The molecule has 17 heavy (non-hydrogen) atoms. The summed E-state index contributed by atoms with van der Waals surface area (Å²) in [6, 6.07) is 8.87. The number of aliphatic hydroxyl groups excluding tert-OH is 1. The summed E-state index contributed by atoms with van der Waals surface area (Å²) in [7, 11) is 1.00. The standard InChI is InChI=1S/C12H18.C2H6.CH4O.H2O/c1-3-4-5-6-12-9-7-11(2)8-10-12;2*1-2;/h7-10H,3-6H2,1-2H3;1-2H3;2H,1H3;1H2. The summed E-state index contributed by atoms with van der Waals surface area (Å²) in [5, 5.41) is 7.00. The quantitative estimate of drug-likeness (QED) is 0.807. The van der Waals surface area contributed by atoms with E-state index < -0.39 is 0 Å². The molecule has 0 fully saturated rings. The molecular weight excluding hydrogens is 212 g/mol. The van der Waals surface area contributed by atoms with Crippen LogP contribution < -0.4 is 0 Å². The van der Waals surface area contributed by atoms with Crippen molar-refractivity contribution in [3.05, 3.63) is 35.4 Å². The Labute approximate surface area is 107 Å². The van der Waals surface area contributed by atoms with Crippen molar-refractivity contribution in [3.63, 3.8) is 0 Å². The Bertz CT molecular complexity index is 217. The largest absolute Gasteiger partial charge is 0.412 e. The van der Waals surface area contributed by atoms with Gasteiger partial charge in [0.05, 0.1) is 0 Å². The van der Waals surface area contributed by atoms with Crippen LogP contribution in [0.4, 0.5) is 0 Å². The van der Waals surface area contributed by atoms with Gasteiger partial charge >= 0.3 is 0 Å². The van der Waals surface area contributed by atoms with Gasteiger partial charge in [-0.2, -0.15) is 0 Å². The van der Waals surface area contributed by atoms with E-state index in [9.17, 15) is 0 Å². The van der Waals surface area contributed by atoms with Crippen molar-refractivity contribution in [2.24, 2.45) is 0 Å². The van der Waals surface area contributed by atoms with E-state index in [2.05, 4.69) is 38.1 Å². The van der Waals surface area contributed by atoms with Crippen LogP contribution in [-0.2, 0) is 6.42 Å². The summed E-state index contributed by atoms with van der Waals surface area (Å²) in [5.74, 6) is 0. The second-order valence-corrected chi connectivity index (χ2v) is 3.44. The molecule has 0 unspecified atom stereocenters. The summed E-state index contributed by atoms with van der Waals surface area (Å²) in [5.41, 5.74) is 2.84. The van der Waals surface area contributed by atoms with Crippen LogP contribution >= 0.6 is 0 Å². The first kappa shape index (κ1) is 21.4. The van der Waals surface area contributed by atoms with Crippen molar-refractivity contribution in [1.29, 1.82) is 0 Å². The lowest BCUT2D eigenvalue weighted by Gasteiger charge is -2.00. The second-order valence-electron chi connectivity index (χ2n) is 3.44. The van der Waals surface area contributed by atoms with Crippen LogP contribution in [0.25, 0.3) is 0 Å². The molecule has 1 aromatic rings. The minimum absolute atomic E-state index is 0. The van der Waals surface area contributed by atoms with Gasteiger partial charge in [0.25, 0.3) is 0 Å². The fraction of sp³-hybridized carbons (Fsp3) is 0.600. The Morgan fingerprint density at radius 3 is 1.82 bits per heavy atom. The lowest BCUT2D eigenvalue weighted by molar-refractivity contribution is 0.399. The number of aliphatic hydroxyl groups is 1. The van der Waals surface area contributed by atoms with Gasteiger partial charge in [0.2, 0.25) is 0 Å². The Kier molecular flexibility index (Phi) is 22.1. The van der Waals surface area contributed by atoms with Crippen molar-refractivity contribution in [2.75, 3.05) is 7.11 Å². The number of unbranched alkanes of at least 4 members (excludes halogenated alkanes) is 2. The Balaban J connectivity index is -0.000000355.